The Hall–Kier alpha value is -1.33. The van der Waals surface area contributed by atoms with Gasteiger partial charge in [-0.2, -0.15) is 0 Å². The average molecular weight is 740 g/mol. The molecule has 306 valence electrons. The largest absolute Gasteiger partial charge is 0.394 e. The van der Waals surface area contributed by atoms with Gasteiger partial charge in [-0.15, -0.1) is 0 Å². The zero-order valence-electron chi connectivity index (χ0n) is 33.3. The highest BCUT2D eigenvalue weighted by molar-refractivity contribution is 5.76. The van der Waals surface area contributed by atoms with Crippen molar-refractivity contribution in [3.05, 3.63) is 24.3 Å². The van der Waals surface area contributed by atoms with Crippen molar-refractivity contribution in [3.63, 3.8) is 0 Å². The summed E-state index contributed by atoms with van der Waals surface area (Å²) in [4.78, 5) is 12.9. The van der Waals surface area contributed by atoms with E-state index in [1.165, 1.54) is 116 Å². The van der Waals surface area contributed by atoms with Crippen LogP contribution in [0.15, 0.2) is 24.3 Å². The molecular weight excluding hydrogens is 658 g/mol. The quantitative estimate of drug-likeness (QED) is 0.0281. The van der Waals surface area contributed by atoms with E-state index in [9.17, 15) is 30.3 Å². The second-order valence-corrected chi connectivity index (χ2v) is 15.1. The highest BCUT2D eigenvalue weighted by atomic mass is 16.7. The van der Waals surface area contributed by atoms with E-state index in [2.05, 4.69) is 43.5 Å². The SMILES string of the molecule is CCCCCCC/C=C\C/C=C\CCCCCCCCCCCC(=O)NC(COC1OC(CO)C(O)C(O)C1O)C(O)CCCCCCCCCC. The number of aliphatic hydroxyl groups excluding tert-OH is 5. The van der Waals surface area contributed by atoms with Gasteiger partial charge in [-0.25, -0.2) is 0 Å². The molecule has 0 aromatic heterocycles. The number of rotatable bonds is 35. The Morgan fingerprint density at radius 2 is 1.13 bits per heavy atom. The van der Waals surface area contributed by atoms with Gasteiger partial charge in [0, 0.05) is 6.42 Å². The summed E-state index contributed by atoms with van der Waals surface area (Å²) in [5.74, 6) is -0.153. The first-order chi connectivity index (χ1) is 25.3. The summed E-state index contributed by atoms with van der Waals surface area (Å²) in [6.45, 7) is 3.77. The van der Waals surface area contributed by atoms with E-state index in [1.807, 2.05) is 0 Å². The third-order valence-electron chi connectivity index (χ3n) is 10.3. The van der Waals surface area contributed by atoms with Gasteiger partial charge in [0.2, 0.25) is 5.91 Å². The standard InChI is InChI=1S/C43H81NO8/c1-3-5-7-9-11-13-14-15-16-17-18-19-20-21-22-23-24-25-27-29-31-33-39(47)44-36(37(46)32-30-28-26-12-10-8-6-4-2)35-51-43-42(50)41(49)40(48)38(34-45)52-43/h14-15,17-18,36-38,40-43,45-46,48-50H,3-13,16,19-35H2,1-2H3,(H,44,47)/b15-14-,18-17-. The van der Waals surface area contributed by atoms with Crippen LogP contribution in [0, 0.1) is 0 Å². The molecule has 9 nitrogen and oxygen atoms in total. The molecule has 1 heterocycles. The predicted octanol–water partition coefficient (Wildman–Crippen LogP) is 8.33. The smallest absolute Gasteiger partial charge is 0.220 e. The fourth-order valence-corrected chi connectivity index (χ4v) is 6.78. The number of unbranched alkanes of at least 4 members (excludes halogenated alkanes) is 21. The molecule has 7 unspecified atom stereocenters. The van der Waals surface area contributed by atoms with Crippen LogP contribution in [-0.4, -0.2) is 87.5 Å². The zero-order valence-corrected chi connectivity index (χ0v) is 33.3. The summed E-state index contributed by atoms with van der Waals surface area (Å²) in [5, 5.41) is 54.0. The fourth-order valence-electron chi connectivity index (χ4n) is 6.78. The number of nitrogens with one attached hydrogen (secondary N) is 1. The lowest BCUT2D eigenvalue weighted by Crippen LogP contribution is -2.60. The van der Waals surface area contributed by atoms with Crippen molar-refractivity contribution in [1.29, 1.82) is 0 Å². The number of carbonyl (C=O) groups is 1. The number of hydrogen-bond acceptors (Lipinski definition) is 8. The molecule has 1 rings (SSSR count). The second kappa shape index (κ2) is 34.2. The predicted molar refractivity (Wildman–Crippen MR) is 212 cm³/mol. The molecule has 0 bridgehead atoms. The van der Waals surface area contributed by atoms with Crippen molar-refractivity contribution in [2.24, 2.45) is 0 Å². The molecule has 0 aliphatic carbocycles. The number of allylic oxidation sites excluding steroid dienone is 4. The molecular formula is C43H81NO8. The topological polar surface area (TPSA) is 149 Å². The van der Waals surface area contributed by atoms with Crippen LogP contribution in [0.2, 0.25) is 0 Å². The first-order valence-electron chi connectivity index (χ1n) is 21.5. The maximum absolute atomic E-state index is 12.9. The van der Waals surface area contributed by atoms with Crippen molar-refractivity contribution in [2.45, 2.75) is 230 Å². The lowest BCUT2D eigenvalue weighted by molar-refractivity contribution is -0.302. The summed E-state index contributed by atoms with van der Waals surface area (Å²) >= 11 is 0. The van der Waals surface area contributed by atoms with Gasteiger partial charge in [0.15, 0.2) is 6.29 Å². The van der Waals surface area contributed by atoms with Crippen LogP contribution in [0.1, 0.15) is 187 Å². The minimum Gasteiger partial charge on any atom is -0.394 e. The van der Waals surface area contributed by atoms with Gasteiger partial charge in [0.25, 0.3) is 0 Å². The summed E-state index contributed by atoms with van der Waals surface area (Å²) < 4.78 is 11.2. The molecule has 0 aromatic rings. The van der Waals surface area contributed by atoms with Crippen molar-refractivity contribution >= 4 is 5.91 Å². The monoisotopic (exact) mass is 740 g/mol. The Balaban J connectivity index is 2.27. The molecule has 1 saturated heterocycles. The Morgan fingerprint density at radius 3 is 1.65 bits per heavy atom. The molecule has 52 heavy (non-hydrogen) atoms. The molecule has 1 aliphatic heterocycles. The van der Waals surface area contributed by atoms with E-state index < -0.39 is 49.5 Å². The van der Waals surface area contributed by atoms with Crippen molar-refractivity contribution in [1.82, 2.24) is 5.32 Å². The lowest BCUT2D eigenvalue weighted by Gasteiger charge is -2.40. The van der Waals surface area contributed by atoms with Crippen LogP contribution in [0.3, 0.4) is 0 Å². The third kappa shape index (κ3) is 24.9. The van der Waals surface area contributed by atoms with Crippen molar-refractivity contribution in [2.75, 3.05) is 13.2 Å². The maximum Gasteiger partial charge on any atom is 0.220 e. The van der Waals surface area contributed by atoms with Gasteiger partial charge in [-0.05, 0) is 44.9 Å². The van der Waals surface area contributed by atoms with Gasteiger partial charge in [0.1, 0.15) is 24.4 Å². The summed E-state index contributed by atoms with van der Waals surface area (Å²) in [7, 11) is 0. The van der Waals surface area contributed by atoms with Crippen molar-refractivity contribution < 1.29 is 39.8 Å². The van der Waals surface area contributed by atoms with Crippen LogP contribution in [-0.2, 0) is 14.3 Å². The van der Waals surface area contributed by atoms with Crippen LogP contribution < -0.4 is 5.32 Å². The lowest BCUT2D eigenvalue weighted by atomic mass is 9.99. The van der Waals surface area contributed by atoms with E-state index in [4.69, 9.17) is 9.47 Å². The van der Waals surface area contributed by atoms with Gasteiger partial charge >= 0.3 is 0 Å². The Morgan fingerprint density at radius 1 is 0.654 bits per heavy atom. The molecule has 1 fully saturated rings. The number of aliphatic hydroxyl groups is 5. The minimum absolute atomic E-state index is 0.139. The summed E-state index contributed by atoms with van der Waals surface area (Å²) in [6.07, 6.45) is 32.0. The fraction of sp³-hybridized carbons (Fsp3) is 0.884. The number of carbonyl (C=O) groups excluding carboxylic acids is 1. The van der Waals surface area contributed by atoms with Gasteiger partial charge < -0.3 is 40.3 Å². The minimum atomic E-state index is -1.55. The molecule has 1 amide bonds. The van der Waals surface area contributed by atoms with Gasteiger partial charge in [-0.3, -0.25) is 4.79 Å². The first-order valence-corrected chi connectivity index (χ1v) is 21.5. The van der Waals surface area contributed by atoms with E-state index in [0.29, 0.717) is 12.8 Å². The van der Waals surface area contributed by atoms with E-state index in [0.717, 1.165) is 44.9 Å². The van der Waals surface area contributed by atoms with Crippen LogP contribution in [0.5, 0.6) is 0 Å². The van der Waals surface area contributed by atoms with Crippen LogP contribution in [0.25, 0.3) is 0 Å². The average Bonchev–Trinajstić information content (AvgIpc) is 3.14. The Bertz CT molecular complexity index is 868. The highest BCUT2D eigenvalue weighted by Crippen LogP contribution is 2.23. The molecule has 0 saturated carbocycles. The van der Waals surface area contributed by atoms with E-state index in [1.54, 1.807) is 0 Å². The molecule has 7 atom stereocenters. The number of hydrogen-bond donors (Lipinski definition) is 6. The maximum atomic E-state index is 12.9. The second-order valence-electron chi connectivity index (χ2n) is 15.1. The van der Waals surface area contributed by atoms with E-state index >= 15 is 0 Å². The molecule has 0 aromatic carbocycles. The van der Waals surface area contributed by atoms with Crippen molar-refractivity contribution in [3.8, 4) is 0 Å². The molecule has 0 radical (unpaired) electrons. The molecule has 6 N–H and O–H groups in total. The van der Waals surface area contributed by atoms with Gasteiger partial charge in [-0.1, -0.05) is 160 Å². The zero-order chi connectivity index (χ0) is 38.1. The third-order valence-corrected chi connectivity index (χ3v) is 10.3. The Kier molecular flexibility index (Phi) is 32.0. The van der Waals surface area contributed by atoms with Gasteiger partial charge in [0.05, 0.1) is 25.4 Å². The van der Waals surface area contributed by atoms with Crippen LogP contribution >= 0.6 is 0 Å². The molecule has 0 spiro atoms. The Labute approximate surface area is 318 Å². The van der Waals surface area contributed by atoms with Crippen LogP contribution in [0.4, 0.5) is 0 Å². The highest BCUT2D eigenvalue weighted by Gasteiger charge is 2.44. The number of ether oxygens (including phenoxy) is 2. The molecule has 9 heteroatoms. The normalized spacial score (nSPS) is 22.0. The molecule has 1 aliphatic rings. The number of amides is 1. The summed E-state index contributed by atoms with van der Waals surface area (Å²) in [5.41, 5.74) is 0. The summed E-state index contributed by atoms with van der Waals surface area (Å²) in [6, 6.07) is -0.716. The van der Waals surface area contributed by atoms with E-state index in [-0.39, 0.29) is 12.5 Å². The first kappa shape index (κ1) is 48.7.